The average molecular weight is 261 g/mol. The Morgan fingerprint density at radius 3 is 2.37 bits per heavy atom. The molecule has 1 aliphatic heterocycles. The van der Waals surface area contributed by atoms with E-state index in [4.69, 9.17) is 0 Å². The Morgan fingerprint density at radius 1 is 1.21 bits per heavy atom. The Hall–Kier alpha value is -1.02. The van der Waals surface area contributed by atoms with E-state index in [-0.39, 0.29) is 5.41 Å². The monoisotopic (exact) mass is 261 g/mol. The molecule has 0 amide bonds. The van der Waals surface area contributed by atoms with Crippen LogP contribution < -0.4 is 5.32 Å². The molecule has 0 unspecified atom stereocenters. The first kappa shape index (κ1) is 14.4. The van der Waals surface area contributed by atoms with Crippen LogP contribution in [-0.2, 0) is 11.8 Å². The van der Waals surface area contributed by atoms with Gasteiger partial charge in [0.15, 0.2) is 0 Å². The summed E-state index contributed by atoms with van der Waals surface area (Å²) in [5.41, 5.74) is 3.61. The number of benzene rings is 1. The maximum absolute atomic E-state index is 10.7. The van der Waals surface area contributed by atoms with Crippen molar-refractivity contribution in [2.75, 3.05) is 13.1 Å². The normalized spacial score (nSPS) is 17.7. The van der Waals surface area contributed by atoms with Crippen molar-refractivity contribution in [1.29, 1.82) is 0 Å². The minimum Gasteiger partial charge on any atom is -0.507 e. The highest BCUT2D eigenvalue weighted by Gasteiger charge is 2.25. The smallest absolute Gasteiger partial charge is 0.122 e. The Labute approximate surface area is 117 Å². The van der Waals surface area contributed by atoms with Gasteiger partial charge in [-0.25, -0.2) is 0 Å². The molecular formula is C17H27NO. The van der Waals surface area contributed by atoms with Crippen LogP contribution in [0.2, 0.25) is 0 Å². The second-order valence-electron chi connectivity index (χ2n) is 6.71. The van der Waals surface area contributed by atoms with Gasteiger partial charge in [0.1, 0.15) is 5.75 Å². The number of piperidine rings is 1. The van der Waals surface area contributed by atoms with Crippen molar-refractivity contribution in [1.82, 2.24) is 5.32 Å². The van der Waals surface area contributed by atoms with Gasteiger partial charge in [-0.3, -0.25) is 0 Å². The van der Waals surface area contributed by atoms with E-state index >= 15 is 0 Å². The van der Waals surface area contributed by atoms with Gasteiger partial charge in [0, 0.05) is 0 Å². The largest absolute Gasteiger partial charge is 0.507 e. The third-order valence-electron chi connectivity index (χ3n) is 4.19. The van der Waals surface area contributed by atoms with E-state index in [1.165, 1.54) is 11.1 Å². The van der Waals surface area contributed by atoms with E-state index in [1.807, 2.05) is 0 Å². The maximum atomic E-state index is 10.7. The van der Waals surface area contributed by atoms with Gasteiger partial charge in [0.2, 0.25) is 0 Å². The molecule has 0 atom stereocenters. The number of phenols is 1. The lowest BCUT2D eigenvalue weighted by Crippen LogP contribution is -2.27. The van der Waals surface area contributed by atoms with Crippen LogP contribution in [0.25, 0.3) is 0 Å². The third-order valence-corrected chi connectivity index (χ3v) is 4.19. The molecule has 1 fully saturated rings. The SMILES string of the molecule is CCc1cc(C2CCNCC2)c(O)c(C(C)(C)C)c1. The number of aryl methyl sites for hydroxylation is 1. The fourth-order valence-corrected chi connectivity index (χ4v) is 2.94. The molecule has 106 valence electrons. The number of hydrogen-bond acceptors (Lipinski definition) is 2. The molecule has 2 rings (SSSR count). The summed E-state index contributed by atoms with van der Waals surface area (Å²) in [4.78, 5) is 0. The van der Waals surface area contributed by atoms with Gasteiger partial charge in [-0.05, 0) is 60.4 Å². The second kappa shape index (κ2) is 5.54. The molecule has 2 N–H and O–H groups in total. The molecule has 1 aromatic rings. The quantitative estimate of drug-likeness (QED) is 0.850. The van der Waals surface area contributed by atoms with E-state index in [0.29, 0.717) is 11.7 Å². The molecule has 0 bridgehead atoms. The first-order valence-electron chi connectivity index (χ1n) is 7.50. The van der Waals surface area contributed by atoms with Crippen LogP contribution in [0.4, 0.5) is 0 Å². The van der Waals surface area contributed by atoms with Gasteiger partial charge in [-0.2, -0.15) is 0 Å². The van der Waals surface area contributed by atoms with Crippen molar-refractivity contribution >= 4 is 0 Å². The average Bonchev–Trinajstić information content (AvgIpc) is 2.38. The summed E-state index contributed by atoms with van der Waals surface area (Å²) in [5, 5.41) is 14.1. The molecule has 1 heterocycles. The Kier molecular flexibility index (Phi) is 4.19. The van der Waals surface area contributed by atoms with Gasteiger partial charge in [-0.1, -0.05) is 39.8 Å². The minimum atomic E-state index is -0.00305. The Balaban J connectivity index is 2.47. The molecule has 1 saturated heterocycles. The Bertz CT molecular complexity index is 439. The van der Waals surface area contributed by atoms with Crippen LogP contribution in [0.1, 0.15) is 63.1 Å². The minimum absolute atomic E-state index is 0.00305. The maximum Gasteiger partial charge on any atom is 0.122 e. The van der Waals surface area contributed by atoms with Gasteiger partial charge < -0.3 is 10.4 Å². The highest BCUT2D eigenvalue weighted by molar-refractivity contribution is 5.48. The molecule has 0 spiro atoms. The van der Waals surface area contributed by atoms with E-state index in [1.54, 1.807) is 0 Å². The second-order valence-corrected chi connectivity index (χ2v) is 6.71. The van der Waals surface area contributed by atoms with Crippen molar-refractivity contribution in [2.45, 2.75) is 58.3 Å². The van der Waals surface area contributed by atoms with Gasteiger partial charge in [-0.15, -0.1) is 0 Å². The topological polar surface area (TPSA) is 32.3 Å². The highest BCUT2D eigenvalue weighted by Crippen LogP contribution is 2.40. The molecule has 1 aliphatic rings. The van der Waals surface area contributed by atoms with Crippen molar-refractivity contribution in [3.63, 3.8) is 0 Å². The molecule has 1 aromatic carbocycles. The number of hydrogen-bond donors (Lipinski definition) is 2. The zero-order valence-corrected chi connectivity index (χ0v) is 12.7. The number of phenolic OH excluding ortho intramolecular Hbond substituents is 1. The highest BCUT2D eigenvalue weighted by atomic mass is 16.3. The van der Waals surface area contributed by atoms with Gasteiger partial charge >= 0.3 is 0 Å². The number of rotatable bonds is 2. The van der Waals surface area contributed by atoms with E-state index in [0.717, 1.165) is 37.9 Å². The summed E-state index contributed by atoms with van der Waals surface area (Å²) in [6.07, 6.45) is 3.29. The Morgan fingerprint density at radius 2 is 1.84 bits per heavy atom. The molecule has 0 aliphatic carbocycles. The van der Waals surface area contributed by atoms with Crippen molar-refractivity contribution in [3.05, 3.63) is 28.8 Å². The molecule has 2 heteroatoms. The predicted octanol–water partition coefficient (Wildman–Crippen LogP) is 3.72. The van der Waals surface area contributed by atoms with E-state index in [9.17, 15) is 5.11 Å². The first-order valence-corrected chi connectivity index (χ1v) is 7.50. The molecule has 2 nitrogen and oxygen atoms in total. The van der Waals surface area contributed by atoms with Crippen molar-refractivity contribution < 1.29 is 5.11 Å². The summed E-state index contributed by atoms with van der Waals surface area (Å²) in [5.74, 6) is 1.05. The van der Waals surface area contributed by atoms with E-state index < -0.39 is 0 Å². The lowest BCUT2D eigenvalue weighted by atomic mass is 9.80. The summed E-state index contributed by atoms with van der Waals surface area (Å²) in [6.45, 7) is 10.8. The van der Waals surface area contributed by atoms with Crippen molar-refractivity contribution in [3.8, 4) is 5.75 Å². The van der Waals surface area contributed by atoms with Crippen molar-refractivity contribution in [2.24, 2.45) is 0 Å². The molecular weight excluding hydrogens is 234 g/mol. The number of aromatic hydroxyl groups is 1. The molecule has 19 heavy (non-hydrogen) atoms. The summed E-state index contributed by atoms with van der Waals surface area (Å²) in [6, 6.07) is 4.40. The summed E-state index contributed by atoms with van der Waals surface area (Å²) < 4.78 is 0. The summed E-state index contributed by atoms with van der Waals surface area (Å²) in [7, 11) is 0. The van der Waals surface area contributed by atoms with Crippen LogP contribution in [0.15, 0.2) is 12.1 Å². The van der Waals surface area contributed by atoms with E-state index in [2.05, 4.69) is 45.1 Å². The van der Waals surface area contributed by atoms with Crippen LogP contribution in [-0.4, -0.2) is 18.2 Å². The fraction of sp³-hybridized carbons (Fsp3) is 0.647. The zero-order chi connectivity index (χ0) is 14.0. The lowest BCUT2D eigenvalue weighted by molar-refractivity contribution is 0.410. The van der Waals surface area contributed by atoms with Gasteiger partial charge in [0.25, 0.3) is 0 Å². The third kappa shape index (κ3) is 3.11. The van der Waals surface area contributed by atoms with Crippen LogP contribution >= 0.6 is 0 Å². The molecule has 0 saturated carbocycles. The lowest BCUT2D eigenvalue weighted by Gasteiger charge is -2.28. The fourth-order valence-electron chi connectivity index (χ4n) is 2.94. The molecule has 0 radical (unpaired) electrons. The van der Waals surface area contributed by atoms with Crippen LogP contribution in [0, 0.1) is 0 Å². The standard InChI is InChI=1S/C17H27NO/c1-5-12-10-14(13-6-8-18-9-7-13)16(19)15(11-12)17(2,3)4/h10-11,13,18-19H,5-9H2,1-4H3. The van der Waals surface area contributed by atoms with Crippen LogP contribution in [0.3, 0.4) is 0 Å². The molecule has 0 aromatic heterocycles. The zero-order valence-electron chi connectivity index (χ0n) is 12.7. The van der Waals surface area contributed by atoms with Gasteiger partial charge in [0.05, 0.1) is 0 Å². The number of nitrogens with one attached hydrogen (secondary N) is 1. The van der Waals surface area contributed by atoms with Crippen LogP contribution in [0.5, 0.6) is 5.75 Å². The summed E-state index contributed by atoms with van der Waals surface area (Å²) >= 11 is 0. The first-order chi connectivity index (χ1) is 8.93. The predicted molar refractivity (Wildman–Crippen MR) is 81.0 cm³/mol.